The summed E-state index contributed by atoms with van der Waals surface area (Å²) in [6, 6.07) is 10.6. The maximum Gasteiger partial charge on any atom is 0.115 e. The normalized spacial score (nSPS) is 26.2. The van der Waals surface area contributed by atoms with Crippen LogP contribution in [0.4, 0.5) is 0 Å². The molecular formula is C21H27NO2S. The van der Waals surface area contributed by atoms with Crippen LogP contribution in [0, 0.1) is 0 Å². The van der Waals surface area contributed by atoms with Gasteiger partial charge < -0.3 is 9.84 Å². The van der Waals surface area contributed by atoms with Gasteiger partial charge in [0, 0.05) is 17.5 Å². The highest BCUT2D eigenvalue weighted by atomic mass is 32.1. The van der Waals surface area contributed by atoms with Crippen LogP contribution in [0.5, 0.6) is 5.75 Å². The minimum Gasteiger partial charge on any atom is -0.508 e. The third-order valence-corrected chi connectivity index (χ3v) is 6.48. The van der Waals surface area contributed by atoms with Crippen molar-refractivity contribution in [2.75, 3.05) is 13.1 Å². The summed E-state index contributed by atoms with van der Waals surface area (Å²) in [5.41, 5.74) is 2.55. The Labute approximate surface area is 154 Å². The highest BCUT2D eigenvalue weighted by Gasteiger charge is 2.40. The number of fused-ring (bicyclic) bond motifs is 3. The fraction of sp³-hybridized carbons (Fsp3) is 0.524. The summed E-state index contributed by atoms with van der Waals surface area (Å²) >= 11 is 1.83. The van der Waals surface area contributed by atoms with Crippen LogP contribution >= 0.6 is 11.3 Å². The number of morpholine rings is 1. The van der Waals surface area contributed by atoms with Gasteiger partial charge in [0.05, 0.1) is 12.2 Å². The Morgan fingerprint density at radius 2 is 2.24 bits per heavy atom. The van der Waals surface area contributed by atoms with E-state index in [4.69, 9.17) is 4.74 Å². The molecule has 4 rings (SSSR count). The molecule has 1 aliphatic heterocycles. The van der Waals surface area contributed by atoms with Gasteiger partial charge in [0.1, 0.15) is 5.75 Å². The van der Waals surface area contributed by atoms with E-state index in [1.807, 2.05) is 17.4 Å². The zero-order chi connectivity index (χ0) is 17.2. The van der Waals surface area contributed by atoms with Crippen LogP contribution in [-0.2, 0) is 17.6 Å². The van der Waals surface area contributed by atoms with E-state index in [0.29, 0.717) is 11.8 Å². The molecule has 1 aliphatic carbocycles. The van der Waals surface area contributed by atoms with E-state index in [-0.39, 0.29) is 12.2 Å². The van der Waals surface area contributed by atoms with E-state index in [9.17, 15) is 5.11 Å². The van der Waals surface area contributed by atoms with E-state index in [1.54, 1.807) is 6.07 Å². The molecule has 3 unspecified atom stereocenters. The summed E-state index contributed by atoms with van der Waals surface area (Å²) < 4.78 is 6.60. The van der Waals surface area contributed by atoms with Gasteiger partial charge >= 0.3 is 0 Å². The van der Waals surface area contributed by atoms with Gasteiger partial charge in [-0.1, -0.05) is 19.1 Å². The number of phenolic OH excluding ortho intramolecular Hbond substituents is 1. The summed E-state index contributed by atoms with van der Waals surface area (Å²) in [5.74, 6) is 0.353. The molecule has 2 aromatic rings. The number of aryl methyl sites for hydroxylation is 2. The average Bonchev–Trinajstić information content (AvgIpc) is 3.14. The number of thiophene rings is 1. The molecule has 4 heteroatoms. The summed E-state index contributed by atoms with van der Waals surface area (Å²) in [7, 11) is 0. The fourth-order valence-corrected chi connectivity index (χ4v) is 5.11. The van der Waals surface area contributed by atoms with Crippen LogP contribution in [0.3, 0.4) is 0 Å². The van der Waals surface area contributed by atoms with Crippen LogP contribution < -0.4 is 0 Å². The standard InChI is InChI=1S/C21H27NO2S/c1-2-11-22-14-17(8-9-18-4-3-12-25-18)24-21-19-13-16(23)7-5-15(19)6-10-20(21)22/h3-5,7,12-13,17,20-21,23H,2,6,8-11,14H2,1H3. The lowest BCUT2D eigenvalue weighted by Crippen LogP contribution is -2.52. The van der Waals surface area contributed by atoms with Crippen molar-refractivity contribution < 1.29 is 9.84 Å². The van der Waals surface area contributed by atoms with Crippen molar-refractivity contribution in [3.8, 4) is 5.75 Å². The highest BCUT2D eigenvalue weighted by Crippen LogP contribution is 2.41. The van der Waals surface area contributed by atoms with Crippen LogP contribution in [0.1, 0.15) is 48.3 Å². The molecule has 0 amide bonds. The Bertz CT molecular complexity index is 700. The van der Waals surface area contributed by atoms with Gasteiger partial charge in [-0.2, -0.15) is 0 Å². The summed E-state index contributed by atoms with van der Waals surface area (Å²) in [6.07, 6.45) is 5.94. The molecule has 1 N–H and O–H groups in total. The summed E-state index contributed by atoms with van der Waals surface area (Å²) in [4.78, 5) is 4.08. The van der Waals surface area contributed by atoms with E-state index in [2.05, 4.69) is 35.4 Å². The third-order valence-electron chi connectivity index (χ3n) is 5.54. The molecule has 1 aromatic heterocycles. The second-order valence-electron chi connectivity index (χ2n) is 7.28. The predicted molar refractivity (Wildman–Crippen MR) is 102 cm³/mol. The van der Waals surface area contributed by atoms with Gasteiger partial charge in [0.25, 0.3) is 0 Å². The molecular weight excluding hydrogens is 330 g/mol. The van der Waals surface area contributed by atoms with Crippen molar-refractivity contribution in [3.05, 3.63) is 51.7 Å². The maximum absolute atomic E-state index is 9.97. The van der Waals surface area contributed by atoms with Crippen molar-refractivity contribution in [2.45, 2.75) is 57.3 Å². The lowest BCUT2D eigenvalue weighted by atomic mass is 9.83. The number of hydrogen-bond acceptors (Lipinski definition) is 4. The zero-order valence-electron chi connectivity index (χ0n) is 14.9. The van der Waals surface area contributed by atoms with E-state index >= 15 is 0 Å². The SMILES string of the molecule is CCCN1CC(CCc2cccs2)OC2c3cc(O)ccc3CCC21. The molecule has 3 atom stereocenters. The first-order valence-electron chi connectivity index (χ1n) is 9.48. The predicted octanol–water partition coefficient (Wildman–Crippen LogP) is 4.55. The molecule has 2 heterocycles. The number of rotatable bonds is 5. The van der Waals surface area contributed by atoms with Crippen LogP contribution in [0.2, 0.25) is 0 Å². The number of aromatic hydroxyl groups is 1. The molecule has 1 saturated heterocycles. The largest absolute Gasteiger partial charge is 0.508 e. The Hall–Kier alpha value is -1.36. The molecule has 0 radical (unpaired) electrons. The number of phenols is 1. The quantitative estimate of drug-likeness (QED) is 0.852. The van der Waals surface area contributed by atoms with Gasteiger partial charge in [0.15, 0.2) is 0 Å². The van der Waals surface area contributed by atoms with Crippen LogP contribution in [0.25, 0.3) is 0 Å². The van der Waals surface area contributed by atoms with Crippen molar-refractivity contribution >= 4 is 11.3 Å². The van der Waals surface area contributed by atoms with E-state index < -0.39 is 0 Å². The minimum atomic E-state index is 0.101. The number of nitrogens with zero attached hydrogens (tertiary/aromatic N) is 1. The van der Waals surface area contributed by atoms with E-state index in [0.717, 1.165) is 38.8 Å². The molecule has 1 aromatic carbocycles. The fourth-order valence-electron chi connectivity index (χ4n) is 4.38. The molecule has 25 heavy (non-hydrogen) atoms. The Morgan fingerprint density at radius 1 is 1.32 bits per heavy atom. The van der Waals surface area contributed by atoms with Gasteiger partial charge in [-0.25, -0.2) is 0 Å². The van der Waals surface area contributed by atoms with E-state index in [1.165, 1.54) is 22.4 Å². The monoisotopic (exact) mass is 357 g/mol. The van der Waals surface area contributed by atoms with Crippen LogP contribution in [0.15, 0.2) is 35.7 Å². The summed E-state index contributed by atoms with van der Waals surface area (Å²) in [5, 5.41) is 12.1. The second kappa shape index (κ2) is 7.48. The lowest BCUT2D eigenvalue weighted by Gasteiger charge is -2.47. The Kier molecular flexibility index (Phi) is 5.11. The minimum absolute atomic E-state index is 0.101. The molecule has 2 aliphatic rings. The Balaban J connectivity index is 1.55. The number of ether oxygens (including phenoxy) is 1. The first kappa shape index (κ1) is 17.1. The van der Waals surface area contributed by atoms with Gasteiger partial charge in [-0.3, -0.25) is 4.90 Å². The first-order chi connectivity index (χ1) is 12.2. The molecule has 3 nitrogen and oxygen atoms in total. The van der Waals surface area contributed by atoms with Gasteiger partial charge in [-0.15, -0.1) is 11.3 Å². The number of hydrogen-bond donors (Lipinski definition) is 1. The second-order valence-corrected chi connectivity index (χ2v) is 8.31. The van der Waals surface area contributed by atoms with Crippen LogP contribution in [-0.4, -0.2) is 35.2 Å². The van der Waals surface area contributed by atoms with Crippen molar-refractivity contribution in [1.29, 1.82) is 0 Å². The Morgan fingerprint density at radius 3 is 3.04 bits per heavy atom. The molecule has 0 saturated carbocycles. The molecule has 0 spiro atoms. The van der Waals surface area contributed by atoms with Gasteiger partial charge in [0.2, 0.25) is 0 Å². The van der Waals surface area contributed by atoms with Crippen molar-refractivity contribution in [2.24, 2.45) is 0 Å². The van der Waals surface area contributed by atoms with Crippen molar-refractivity contribution in [1.82, 2.24) is 4.90 Å². The smallest absolute Gasteiger partial charge is 0.115 e. The zero-order valence-corrected chi connectivity index (χ0v) is 15.7. The number of benzene rings is 1. The van der Waals surface area contributed by atoms with Crippen molar-refractivity contribution in [3.63, 3.8) is 0 Å². The average molecular weight is 358 g/mol. The van der Waals surface area contributed by atoms with Gasteiger partial charge in [-0.05, 0) is 73.4 Å². The highest BCUT2D eigenvalue weighted by molar-refractivity contribution is 7.09. The molecule has 0 bridgehead atoms. The maximum atomic E-state index is 9.97. The molecule has 1 fully saturated rings. The third kappa shape index (κ3) is 3.62. The lowest BCUT2D eigenvalue weighted by molar-refractivity contribution is -0.130. The topological polar surface area (TPSA) is 32.7 Å². The molecule has 134 valence electrons. The first-order valence-corrected chi connectivity index (χ1v) is 10.4. The summed E-state index contributed by atoms with van der Waals surface area (Å²) in [6.45, 7) is 4.43.